The molecule has 0 atom stereocenters. The molecule has 0 aliphatic rings. The number of aromatic nitrogens is 1. The normalized spacial score (nSPS) is 11.5. The van der Waals surface area contributed by atoms with Crippen molar-refractivity contribution in [3.63, 3.8) is 0 Å². The van der Waals surface area contributed by atoms with E-state index in [1.807, 2.05) is 0 Å². The molecule has 1 aromatic heterocycles. The van der Waals surface area contributed by atoms with Crippen LogP contribution in [0.5, 0.6) is 0 Å². The number of nitrogens with one attached hydrogen (secondary N) is 3. The number of guanidine groups is 1. The summed E-state index contributed by atoms with van der Waals surface area (Å²) in [6, 6.07) is 17.0. The lowest BCUT2D eigenvalue weighted by molar-refractivity contribution is 0.401. The van der Waals surface area contributed by atoms with Crippen LogP contribution in [0, 0.1) is 0 Å². The number of aromatic amines is 1. The molecule has 3 aromatic rings. The number of fused-ring (bicyclic) bond motifs is 1. The van der Waals surface area contributed by atoms with E-state index in [1.165, 1.54) is 27.6 Å². The molecule has 3 N–H and O–H groups in total. The second-order valence-electron chi connectivity index (χ2n) is 7.24. The van der Waals surface area contributed by atoms with E-state index >= 15 is 0 Å². The van der Waals surface area contributed by atoms with Gasteiger partial charge in [0, 0.05) is 36.7 Å². The molecule has 0 bridgehead atoms. The lowest BCUT2D eigenvalue weighted by Crippen LogP contribution is -2.38. The Balaban J connectivity index is 0.00000300. The average molecular weight is 505 g/mol. The Morgan fingerprint density at radius 3 is 2.45 bits per heavy atom. The summed E-state index contributed by atoms with van der Waals surface area (Å²) in [5, 5.41) is 8.11. The van der Waals surface area contributed by atoms with Gasteiger partial charge >= 0.3 is 0 Å². The Bertz CT molecular complexity index is 916. The fourth-order valence-corrected chi connectivity index (χ4v) is 3.37. The highest BCUT2D eigenvalue weighted by Gasteiger charge is 2.05. The first kappa shape index (κ1) is 23.2. The van der Waals surface area contributed by atoms with Crippen molar-refractivity contribution in [3.05, 3.63) is 71.4 Å². The number of benzene rings is 2. The maximum Gasteiger partial charge on any atom is 0.191 e. The van der Waals surface area contributed by atoms with Gasteiger partial charge in [-0.15, -0.1) is 24.0 Å². The number of rotatable bonds is 8. The molecular formula is C23H32IN5. The maximum absolute atomic E-state index is 4.80. The number of H-pyrrole nitrogens is 1. The summed E-state index contributed by atoms with van der Waals surface area (Å²) in [6.45, 7) is 5.38. The number of nitrogens with zero attached hydrogens (tertiary/aromatic N) is 2. The van der Waals surface area contributed by atoms with Gasteiger partial charge in [-0.3, -0.25) is 0 Å². The van der Waals surface area contributed by atoms with Gasteiger partial charge in [0.2, 0.25) is 0 Å². The van der Waals surface area contributed by atoms with Gasteiger partial charge in [0.05, 0.1) is 6.54 Å². The molecule has 0 unspecified atom stereocenters. The average Bonchev–Trinajstić information content (AvgIpc) is 3.10. The zero-order chi connectivity index (χ0) is 19.8. The molecule has 0 aliphatic carbocycles. The minimum atomic E-state index is 0. The zero-order valence-corrected chi connectivity index (χ0v) is 19.9. The van der Waals surface area contributed by atoms with Crippen LogP contribution in [-0.4, -0.2) is 43.0 Å². The molecule has 29 heavy (non-hydrogen) atoms. The molecule has 5 nitrogen and oxygen atoms in total. The predicted octanol–water partition coefficient (Wildman–Crippen LogP) is 4.15. The Morgan fingerprint density at radius 1 is 0.966 bits per heavy atom. The SMILES string of the molecule is CCNC(=NCc1ccccc1CN(C)C)NCCc1c[nH]c2ccccc12.I. The second-order valence-corrected chi connectivity index (χ2v) is 7.24. The molecule has 0 saturated heterocycles. The molecule has 0 radical (unpaired) electrons. The molecule has 156 valence electrons. The molecule has 0 saturated carbocycles. The van der Waals surface area contributed by atoms with E-state index in [0.29, 0.717) is 6.54 Å². The third-order valence-corrected chi connectivity index (χ3v) is 4.72. The van der Waals surface area contributed by atoms with Crippen LogP contribution >= 0.6 is 24.0 Å². The summed E-state index contributed by atoms with van der Waals surface area (Å²) < 4.78 is 0. The first-order chi connectivity index (χ1) is 13.7. The smallest absolute Gasteiger partial charge is 0.191 e. The Kier molecular flexibility index (Phi) is 9.47. The highest BCUT2D eigenvalue weighted by Crippen LogP contribution is 2.17. The summed E-state index contributed by atoms with van der Waals surface area (Å²) >= 11 is 0. The molecule has 2 aromatic carbocycles. The van der Waals surface area contributed by atoms with Crippen LogP contribution in [0.1, 0.15) is 23.6 Å². The van der Waals surface area contributed by atoms with Crippen molar-refractivity contribution in [1.29, 1.82) is 0 Å². The van der Waals surface area contributed by atoms with Gasteiger partial charge in [0.1, 0.15) is 0 Å². The van der Waals surface area contributed by atoms with Crippen LogP contribution in [0.15, 0.2) is 59.7 Å². The van der Waals surface area contributed by atoms with E-state index in [9.17, 15) is 0 Å². The van der Waals surface area contributed by atoms with E-state index in [1.54, 1.807) is 0 Å². The van der Waals surface area contributed by atoms with Crippen molar-refractivity contribution in [2.24, 2.45) is 4.99 Å². The number of halogens is 1. The van der Waals surface area contributed by atoms with E-state index in [4.69, 9.17) is 4.99 Å². The van der Waals surface area contributed by atoms with Crippen molar-refractivity contribution >= 4 is 40.8 Å². The van der Waals surface area contributed by atoms with Gasteiger partial charge in [-0.1, -0.05) is 42.5 Å². The quantitative estimate of drug-likeness (QED) is 0.245. The van der Waals surface area contributed by atoms with E-state index in [0.717, 1.165) is 32.0 Å². The highest BCUT2D eigenvalue weighted by atomic mass is 127. The van der Waals surface area contributed by atoms with Crippen molar-refractivity contribution < 1.29 is 0 Å². The highest BCUT2D eigenvalue weighted by molar-refractivity contribution is 14.0. The van der Waals surface area contributed by atoms with Crippen molar-refractivity contribution in [2.75, 3.05) is 27.2 Å². The third kappa shape index (κ3) is 6.75. The van der Waals surface area contributed by atoms with Crippen LogP contribution in [0.4, 0.5) is 0 Å². The minimum absolute atomic E-state index is 0. The van der Waals surface area contributed by atoms with Crippen LogP contribution in [0.3, 0.4) is 0 Å². The molecule has 0 aliphatic heterocycles. The first-order valence-corrected chi connectivity index (χ1v) is 9.96. The van der Waals surface area contributed by atoms with Crippen LogP contribution in [0.2, 0.25) is 0 Å². The van der Waals surface area contributed by atoms with Gasteiger partial charge in [-0.2, -0.15) is 0 Å². The summed E-state index contributed by atoms with van der Waals surface area (Å²) in [6.07, 6.45) is 3.06. The standard InChI is InChI=1S/C23H31N5.HI/c1-4-24-23(27-15-18-9-5-6-10-20(18)17-28(2)3)25-14-13-19-16-26-22-12-8-7-11-21(19)22;/h5-12,16,26H,4,13-15,17H2,1-3H3,(H2,24,25,27);1H. The monoisotopic (exact) mass is 505 g/mol. The number of hydrogen-bond acceptors (Lipinski definition) is 2. The van der Waals surface area contributed by atoms with Gasteiger partial charge in [-0.25, -0.2) is 4.99 Å². The molecule has 0 amide bonds. The van der Waals surface area contributed by atoms with E-state index in [-0.39, 0.29) is 24.0 Å². The van der Waals surface area contributed by atoms with Crippen LogP contribution in [0.25, 0.3) is 10.9 Å². The van der Waals surface area contributed by atoms with Crippen molar-refractivity contribution in [2.45, 2.75) is 26.4 Å². The fraction of sp³-hybridized carbons (Fsp3) is 0.348. The summed E-state index contributed by atoms with van der Waals surface area (Å²) in [5.41, 5.74) is 5.11. The molecule has 1 heterocycles. The largest absolute Gasteiger partial charge is 0.361 e. The molecule has 3 rings (SSSR count). The molecule has 0 spiro atoms. The summed E-state index contributed by atoms with van der Waals surface area (Å²) in [5.74, 6) is 0.863. The molecular weight excluding hydrogens is 473 g/mol. The van der Waals surface area contributed by atoms with Gasteiger partial charge < -0.3 is 20.5 Å². The minimum Gasteiger partial charge on any atom is -0.361 e. The fourth-order valence-electron chi connectivity index (χ4n) is 3.37. The van der Waals surface area contributed by atoms with Gasteiger partial charge in [0.15, 0.2) is 5.96 Å². The van der Waals surface area contributed by atoms with E-state index in [2.05, 4.69) is 96.3 Å². The van der Waals surface area contributed by atoms with Crippen LogP contribution in [-0.2, 0) is 19.5 Å². The van der Waals surface area contributed by atoms with Crippen LogP contribution < -0.4 is 10.6 Å². The summed E-state index contributed by atoms with van der Waals surface area (Å²) in [7, 11) is 4.19. The molecule has 6 heteroatoms. The van der Waals surface area contributed by atoms with Crippen molar-refractivity contribution in [3.8, 4) is 0 Å². The number of aliphatic imine (C=N–C) groups is 1. The van der Waals surface area contributed by atoms with Crippen molar-refractivity contribution in [1.82, 2.24) is 20.5 Å². The first-order valence-electron chi connectivity index (χ1n) is 9.96. The molecule has 0 fully saturated rings. The van der Waals surface area contributed by atoms with E-state index < -0.39 is 0 Å². The lowest BCUT2D eigenvalue weighted by atomic mass is 10.1. The van der Waals surface area contributed by atoms with Gasteiger partial charge in [-0.05, 0) is 50.2 Å². The Morgan fingerprint density at radius 2 is 1.69 bits per heavy atom. The third-order valence-electron chi connectivity index (χ3n) is 4.72. The number of hydrogen-bond donors (Lipinski definition) is 3. The lowest BCUT2D eigenvalue weighted by Gasteiger charge is -2.14. The number of para-hydroxylation sites is 1. The van der Waals surface area contributed by atoms with Gasteiger partial charge in [0.25, 0.3) is 0 Å². The maximum atomic E-state index is 4.80. The Labute approximate surface area is 191 Å². The summed E-state index contributed by atoms with van der Waals surface area (Å²) in [4.78, 5) is 10.3. The predicted molar refractivity (Wildman–Crippen MR) is 134 cm³/mol. The Hall–Kier alpha value is -2.06. The topological polar surface area (TPSA) is 55.5 Å². The zero-order valence-electron chi connectivity index (χ0n) is 17.5. The second kappa shape index (κ2) is 11.8.